The van der Waals surface area contributed by atoms with Gasteiger partial charge in [0.2, 0.25) is 0 Å². The standard InChI is InChI=1S/C23H19F3N2O/c1-15-4-9-20-17(13-15)10-12-28(21(20)18-3-2-11-27-14-18)22(29)16-5-7-19(8-6-16)23(24,25)26/h2-9,11,13-14,21H,10,12H2,1H3. The van der Waals surface area contributed by atoms with Crippen molar-refractivity contribution in [1.82, 2.24) is 9.88 Å². The number of aromatic nitrogens is 1. The SMILES string of the molecule is Cc1ccc2c(c1)CCN(C(=O)c1ccc(C(F)(F)F)cc1)C2c1cccnc1. The Hall–Kier alpha value is -3.15. The highest BCUT2D eigenvalue weighted by Crippen LogP contribution is 2.36. The summed E-state index contributed by atoms with van der Waals surface area (Å²) < 4.78 is 38.6. The summed E-state index contributed by atoms with van der Waals surface area (Å²) in [6, 6.07) is 14.0. The molecule has 29 heavy (non-hydrogen) atoms. The Balaban J connectivity index is 1.73. The van der Waals surface area contributed by atoms with E-state index < -0.39 is 11.7 Å². The number of fused-ring (bicyclic) bond motifs is 1. The lowest BCUT2D eigenvalue weighted by molar-refractivity contribution is -0.137. The fraction of sp³-hybridized carbons (Fsp3) is 0.217. The number of carbonyl (C=O) groups excluding carboxylic acids is 1. The van der Waals surface area contributed by atoms with Crippen LogP contribution in [0.4, 0.5) is 13.2 Å². The highest BCUT2D eigenvalue weighted by atomic mass is 19.4. The smallest absolute Gasteiger partial charge is 0.327 e. The number of carbonyl (C=O) groups is 1. The second-order valence-electron chi connectivity index (χ2n) is 7.21. The third-order valence-electron chi connectivity index (χ3n) is 5.25. The lowest BCUT2D eigenvalue weighted by atomic mass is 9.87. The van der Waals surface area contributed by atoms with Crippen molar-refractivity contribution in [1.29, 1.82) is 0 Å². The summed E-state index contributed by atoms with van der Waals surface area (Å²) in [6.45, 7) is 2.51. The van der Waals surface area contributed by atoms with Crippen molar-refractivity contribution in [3.8, 4) is 0 Å². The molecule has 2 heterocycles. The molecular formula is C23H19F3N2O. The summed E-state index contributed by atoms with van der Waals surface area (Å²) in [4.78, 5) is 19.2. The van der Waals surface area contributed by atoms with Crippen LogP contribution >= 0.6 is 0 Å². The van der Waals surface area contributed by atoms with Crippen LogP contribution in [0.15, 0.2) is 67.0 Å². The van der Waals surface area contributed by atoms with Crippen LogP contribution in [-0.2, 0) is 12.6 Å². The van der Waals surface area contributed by atoms with Gasteiger partial charge in [0.15, 0.2) is 0 Å². The quantitative estimate of drug-likeness (QED) is 0.597. The molecular weight excluding hydrogens is 377 g/mol. The molecule has 0 saturated carbocycles. The third-order valence-corrected chi connectivity index (χ3v) is 5.25. The van der Waals surface area contributed by atoms with Crippen molar-refractivity contribution in [3.63, 3.8) is 0 Å². The Morgan fingerprint density at radius 2 is 1.86 bits per heavy atom. The summed E-state index contributed by atoms with van der Waals surface area (Å²) in [5.41, 5.74) is 3.69. The van der Waals surface area contributed by atoms with Crippen molar-refractivity contribution < 1.29 is 18.0 Å². The predicted molar refractivity (Wildman–Crippen MR) is 103 cm³/mol. The number of alkyl halides is 3. The van der Waals surface area contributed by atoms with Gasteiger partial charge in [-0.05, 0) is 60.4 Å². The van der Waals surface area contributed by atoms with E-state index in [1.165, 1.54) is 17.7 Å². The first-order valence-corrected chi connectivity index (χ1v) is 9.32. The molecule has 0 bridgehead atoms. The predicted octanol–water partition coefficient (Wildman–Crippen LogP) is 5.20. The molecule has 0 aliphatic carbocycles. The van der Waals surface area contributed by atoms with Crippen LogP contribution in [0.3, 0.4) is 0 Å². The van der Waals surface area contributed by atoms with Gasteiger partial charge in [-0.15, -0.1) is 0 Å². The van der Waals surface area contributed by atoms with Crippen LogP contribution in [-0.4, -0.2) is 22.3 Å². The third kappa shape index (κ3) is 3.75. The largest absolute Gasteiger partial charge is 0.416 e. The van der Waals surface area contributed by atoms with Crippen molar-refractivity contribution in [3.05, 3.63) is 100 Å². The van der Waals surface area contributed by atoms with Crippen molar-refractivity contribution in [2.24, 2.45) is 0 Å². The number of nitrogens with zero attached hydrogens (tertiary/aromatic N) is 2. The summed E-state index contributed by atoms with van der Waals surface area (Å²) >= 11 is 0. The number of halogens is 3. The van der Waals surface area contributed by atoms with Crippen molar-refractivity contribution >= 4 is 5.91 Å². The van der Waals surface area contributed by atoms with E-state index in [4.69, 9.17) is 0 Å². The van der Waals surface area contributed by atoms with E-state index >= 15 is 0 Å². The number of benzene rings is 2. The first-order valence-electron chi connectivity index (χ1n) is 9.32. The maximum atomic E-state index is 13.2. The minimum absolute atomic E-state index is 0.238. The molecule has 1 aliphatic rings. The highest BCUT2D eigenvalue weighted by molar-refractivity contribution is 5.95. The Morgan fingerprint density at radius 1 is 1.10 bits per heavy atom. The molecule has 148 valence electrons. The zero-order valence-corrected chi connectivity index (χ0v) is 15.8. The zero-order chi connectivity index (χ0) is 20.6. The molecule has 0 saturated heterocycles. The number of hydrogen-bond acceptors (Lipinski definition) is 2. The first-order chi connectivity index (χ1) is 13.8. The number of hydrogen-bond donors (Lipinski definition) is 0. The summed E-state index contributed by atoms with van der Waals surface area (Å²) in [5, 5.41) is 0. The molecule has 1 aliphatic heterocycles. The molecule has 3 nitrogen and oxygen atoms in total. The monoisotopic (exact) mass is 396 g/mol. The lowest BCUT2D eigenvalue weighted by Gasteiger charge is -2.38. The Labute approximate surface area is 166 Å². The molecule has 0 spiro atoms. The summed E-state index contributed by atoms with van der Waals surface area (Å²) in [6.07, 6.45) is -0.334. The van der Waals surface area contributed by atoms with Crippen LogP contribution in [0.1, 0.15) is 44.2 Å². The van der Waals surface area contributed by atoms with E-state index in [1.807, 2.05) is 31.2 Å². The molecule has 1 aromatic heterocycles. The Kier molecular flexibility index (Phi) is 4.86. The average Bonchev–Trinajstić information content (AvgIpc) is 2.72. The fourth-order valence-electron chi connectivity index (χ4n) is 3.84. The number of aryl methyl sites for hydroxylation is 1. The van der Waals surface area contributed by atoms with Crippen LogP contribution in [0.5, 0.6) is 0 Å². The second kappa shape index (κ2) is 7.35. The zero-order valence-electron chi connectivity index (χ0n) is 15.8. The van der Waals surface area contributed by atoms with Gasteiger partial charge in [0, 0.05) is 24.5 Å². The van der Waals surface area contributed by atoms with E-state index in [-0.39, 0.29) is 17.5 Å². The van der Waals surface area contributed by atoms with E-state index in [1.54, 1.807) is 17.3 Å². The Bertz CT molecular complexity index is 1030. The van der Waals surface area contributed by atoms with Gasteiger partial charge in [0.25, 0.3) is 5.91 Å². The van der Waals surface area contributed by atoms with E-state index in [2.05, 4.69) is 11.1 Å². The van der Waals surface area contributed by atoms with E-state index in [9.17, 15) is 18.0 Å². The summed E-state index contributed by atoms with van der Waals surface area (Å²) in [7, 11) is 0. The summed E-state index contributed by atoms with van der Waals surface area (Å²) in [5.74, 6) is -0.293. The van der Waals surface area contributed by atoms with E-state index in [0.717, 1.165) is 28.8 Å². The molecule has 3 aromatic rings. The Morgan fingerprint density at radius 3 is 2.52 bits per heavy atom. The van der Waals surface area contributed by atoms with Crippen molar-refractivity contribution in [2.75, 3.05) is 6.54 Å². The number of rotatable bonds is 2. The minimum atomic E-state index is -4.43. The van der Waals surface area contributed by atoms with Gasteiger partial charge in [0.05, 0.1) is 11.6 Å². The normalized spacial score (nSPS) is 16.4. The molecule has 0 fully saturated rings. The molecule has 1 amide bonds. The fourth-order valence-corrected chi connectivity index (χ4v) is 3.84. The molecule has 0 N–H and O–H groups in total. The van der Waals surface area contributed by atoms with Gasteiger partial charge in [-0.1, -0.05) is 29.8 Å². The molecule has 2 aromatic carbocycles. The molecule has 0 radical (unpaired) electrons. The van der Waals surface area contributed by atoms with Gasteiger partial charge in [0.1, 0.15) is 0 Å². The molecule has 1 atom stereocenters. The molecule has 1 unspecified atom stereocenters. The second-order valence-corrected chi connectivity index (χ2v) is 7.21. The van der Waals surface area contributed by atoms with Crippen molar-refractivity contribution in [2.45, 2.75) is 25.6 Å². The van der Waals surface area contributed by atoms with Gasteiger partial charge in [-0.2, -0.15) is 13.2 Å². The highest BCUT2D eigenvalue weighted by Gasteiger charge is 2.34. The first kappa shape index (κ1) is 19.2. The van der Waals surface area contributed by atoms with Gasteiger partial charge in [-0.25, -0.2) is 0 Å². The van der Waals surface area contributed by atoms with Gasteiger partial charge in [-0.3, -0.25) is 9.78 Å². The van der Waals surface area contributed by atoms with Crippen LogP contribution in [0.2, 0.25) is 0 Å². The van der Waals surface area contributed by atoms with Gasteiger partial charge >= 0.3 is 6.18 Å². The van der Waals surface area contributed by atoms with Gasteiger partial charge < -0.3 is 4.90 Å². The van der Waals surface area contributed by atoms with Crippen LogP contribution in [0.25, 0.3) is 0 Å². The topological polar surface area (TPSA) is 33.2 Å². The number of pyridine rings is 1. The average molecular weight is 396 g/mol. The minimum Gasteiger partial charge on any atom is -0.327 e. The van der Waals surface area contributed by atoms with Crippen LogP contribution in [0, 0.1) is 6.92 Å². The van der Waals surface area contributed by atoms with Crippen LogP contribution < -0.4 is 0 Å². The molecule has 6 heteroatoms. The maximum Gasteiger partial charge on any atom is 0.416 e. The maximum absolute atomic E-state index is 13.2. The van der Waals surface area contributed by atoms with E-state index in [0.29, 0.717) is 13.0 Å². The molecule has 4 rings (SSSR count). The lowest BCUT2D eigenvalue weighted by Crippen LogP contribution is -2.40. The number of amides is 1.